The first-order valence-electron chi connectivity index (χ1n) is 4.46. The van der Waals surface area contributed by atoms with Gasteiger partial charge in [-0.2, -0.15) is 0 Å². The van der Waals surface area contributed by atoms with Gasteiger partial charge in [-0.3, -0.25) is 4.79 Å². The van der Waals surface area contributed by atoms with Crippen LogP contribution >= 0.6 is 0 Å². The first-order valence-corrected chi connectivity index (χ1v) is 4.46. The molecule has 2 atom stereocenters. The molecule has 1 fully saturated rings. The molecule has 0 N–H and O–H groups in total. The second kappa shape index (κ2) is 2.43. The van der Waals surface area contributed by atoms with E-state index in [9.17, 15) is 4.79 Å². The zero-order valence-corrected chi connectivity index (χ0v) is 7.59. The van der Waals surface area contributed by atoms with Gasteiger partial charge in [0.2, 0.25) is 0 Å². The van der Waals surface area contributed by atoms with Crippen molar-refractivity contribution in [2.45, 2.75) is 31.8 Å². The average Bonchev–Trinajstić information content (AvgIpc) is 2.08. The fourth-order valence-electron chi connectivity index (χ4n) is 2.33. The van der Waals surface area contributed by atoms with Crippen molar-refractivity contribution < 1.29 is 9.53 Å². The zero-order chi connectivity index (χ0) is 8.77. The van der Waals surface area contributed by atoms with E-state index in [0.717, 1.165) is 12.8 Å². The number of hydrogen-bond donors (Lipinski definition) is 0. The highest BCUT2D eigenvalue weighted by Crippen LogP contribution is 2.42. The molecule has 0 heterocycles. The predicted molar refractivity (Wildman–Crippen MR) is 45.8 cm³/mol. The van der Waals surface area contributed by atoms with Gasteiger partial charge in [0.25, 0.3) is 0 Å². The second-order valence-electron chi connectivity index (χ2n) is 3.84. The standard InChI is InChI=1S/C10H14O2/c1-7-6-10(12-2)4-3-8(7)5-9(10)11/h6,8H,3-5H2,1-2H3. The van der Waals surface area contributed by atoms with E-state index in [1.807, 2.05) is 6.08 Å². The summed E-state index contributed by atoms with van der Waals surface area (Å²) in [4.78, 5) is 11.6. The number of methoxy groups -OCH3 is 1. The summed E-state index contributed by atoms with van der Waals surface area (Å²) < 4.78 is 5.32. The van der Waals surface area contributed by atoms with Gasteiger partial charge in [-0.15, -0.1) is 0 Å². The normalized spacial score (nSPS) is 40.0. The lowest BCUT2D eigenvalue weighted by molar-refractivity contribution is -0.142. The summed E-state index contributed by atoms with van der Waals surface area (Å²) in [7, 11) is 1.63. The van der Waals surface area contributed by atoms with Crippen molar-refractivity contribution in [3.8, 4) is 0 Å². The molecule has 2 heteroatoms. The quantitative estimate of drug-likeness (QED) is 0.554. The Hall–Kier alpha value is -0.630. The molecular formula is C10H14O2. The number of allylic oxidation sites excluding steroid dienone is 1. The van der Waals surface area contributed by atoms with Crippen LogP contribution in [0.4, 0.5) is 0 Å². The summed E-state index contributed by atoms with van der Waals surface area (Å²) in [5.74, 6) is 0.779. The van der Waals surface area contributed by atoms with Crippen molar-refractivity contribution in [1.82, 2.24) is 0 Å². The number of rotatable bonds is 1. The molecule has 0 aliphatic heterocycles. The molecule has 1 saturated carbocycles. The van der Waals surface area contributed by atoms with Crippen LogP contribution in [-0.4, -0.2) is 18.5 Å². The molecule has 0 spiro atoms. The fourth-order valence-corrected chi connectivity index (χ4v) is 2.33. The van der Waals surface area contributed by atoms with Crippen LogP contribution in [0.1, 0.15) is 26.2 Å². The lowest BCUT2D eigenvalue weighted by Crippen LogP contribution is -2.47. The molecule has 0 amide bonds. The highest BCUT2D eigenvalue weighted by Gasteiger charge is 2.45. The largest absolute Gasteiger partial charge is 0.366 e. The third kappa shape index (κ3) is 0.876. The zero-order valence-electron chi connectivity index (χ0n) is 7.59. The van der Waals surface area contributed by atoms with Crippen molar-refractivity contribution in [1.29, 1.82) is 0 Å². The van der Waals surface area contributed by atoms with Crippen LogP contribution in [0.15, 0.2) is 11.6 Å². The molecular weight excluding hydrogens is 152 g/mol. The van der Waals surface area contributed by atoms with E-state index in [0.29, 0.717) is 12.3 Å². The summed E-state index contributed by atoms with van der Waals surface area (Å²) in [5, 5.41) is 0. The summed E-state index contributed by atoms with van der Waals surface area (Å²) in [6, 6.07) is 0. The lowest BCUT2D eigenvalue weighted by Gasteiger charge is -2.41. The van der Waals surface area contributed by atoms with Gasteiger partial charge in [-0.25, -0.2) is 0 Å². The SMILES string of the molecule is COC12C=C(C)C(CC1)CC2=O. The smallest absolute Gasteiger partial charge is 0.169 e. The molecule has 12 heavy (non-hydrogen) atoms. The van der Waals surface area contributed by atoms with Gasteiger partial charge in [0.05, 0.1) is 0 Å². The molecule has 3 aliphatic carbocycles. The Morgan fingerprint density at radius 2 is 2.42 bits per heavy atom. The average molecular weight is 166 g/mol. The van der Waals surface area contributed by atoms with Crippen LogP contribution in [-0.2, 0) is 9.53 Å². The number of Topliss-reactive ketones (excluding diaryl/α,β-unsaturated/α-hetero) is 1. The molecule has 0 aromatic heterocycles. The predicted octanol–water partition coefficient (Wildman–Crippen LogP) is 1.70. The molecule has 2 unspecified atom stereocenters. The maximum absolute atomic E-state index is 11.6. The molecule has 3 aliphatic rings. The first-order chi connectivity index (χ1) is 5.68. The third-order valence-corrected chi connectivity index (χ3v) is 3.24. The number of ketones is 1. The Morgan fingerprint density at radius 3 is 2.83 bits per heavy atom. The highest BCUT2D eigenvalue weighted by atomic mass is 16.5. The van der Waals surface area contributed by atoms with Gasteiger partial charge in [0.15, 0.2) is 5.78 Å². The van der Waals surface area contributed by atoms with E-state index < -0.39 is 5.60 Å². The van der Waals surface area contributed by atoms with Crippen molar-refractivity contribution in [2.75, 3.05) is 7.11 Å². The van der Waals surface area contributed by atoms with Crippen molar-refractivity contribution in [2.24, 2.45) is 5.92 Å². The molecule has 66 valence electrons. The van der Waals surface area contributed by atoms with Gasteiger partial charge in [-0.1, -0.05) is 5.57 Å². The van der Waals surface area contributed by atoms with Gasteiger partial charge in [0, 0.05) is 13.5 Å². The topological polar surface area (TPSA) is 26.3 Å². The van der Waals surface area contributed by atoms with E-state index in [-0.39, 0.29) is 5.78 Å². The van der Waals surface area contributed by atoms with E-state index in [4.69, 9.17) is 4.74 Å². The summed E-state index contributed by atoms with van der Waals surface area (Å²) >= 11 is 0. The van der Waals surface area contributed by atoms with Gasteiger partial charge < -0.3 is 4.74 Å². The second-order valence-corrected chi connectivity index (χ2v) is 3.84. The maximum Gasteiger partial charge on any atom is 0.169 e. The molecule has 0 aromatic carbocycles. The minimum atomic E-state index is -0.543. The van der Waals surface area contributed by atoms with Crippen LogP contribution < -0.4 is 0 Å². The Bertz CT molecular complexity index is 255. The van der Waals surface area contributed by atoms with Crippen LogP contribution in [0.5, 0.6) is 0 Å². The van der Waals surface area contributed by atoms with Crippen LogP contribution in [0.2, 0.25) is 0 Å². The highest BCUT2D eigenvalue weighted by molar-refractivity contribution is 5.92. The molecule has 0 saturated heterocycles. The van der Waals surface area contributed by atoms with Gasteiger partial charge >= 0.3 is 0 Å². The number of fused-ring (bicyclic) bond motifs is 2. The molecule has 3 rings (SSSR count). The lowest BCUT2D eigenvalue weighted by atomic mass is 9.68. The summed E-state index contributed by atoms with van der Waals surface area (Å²) in [5.41, 5.74) is 0.793. The van der Waals surface area contributed by atoms with Gasteiger partial charge in [-0.05, 0) is 31.8 Å². The van der Waals surface area contributed by atoms with E-state index in [1.165, 1.54) is 5.57 Å². The van der Waals surface area contributed by atoms with Crippen molar-refractivity contribution in [3.63, 3.8) is 0 Å². The number of ether oxygens (including phenoxy) is 1. The Labute approximate surface area is 72.6 Å². The molecule has 2 bridgehead atoms. The summed E-state index contributed by atoms with van der Waals surface area (Å²) in [6.07, 6.45) is 4.70. The Balaban J connectivity index is 2.42. The number of carbonyl (C=O) groups excluding carboxylic acids is 1. The van der Waals surface area contributed by atoms with Gasteiger partial charge in [0.1, 0.15) is 5.60 Å². The molecule has 0 aromatic rings. The van der Waals surface area contributed by atoms with Crippen molar-refractivity contribution >= 4 is 5.78 Å². The third-order valence-electron chi connectivity index (χ3n) is 3.24. The fraction of sp³-hybridized carbons (Fsp3) is 0.700. The first kappa shape index (κ1) is 7.99. The van der Waals surface area contributed by atoms with E-state index in [1.54, 1.807) is 7.11 Å². The molecule has 2 nitrogen and oxygen atoms in total. The van der Waals surface area contributed by atoms with E-state index >= 15 is 0 Å². The number of carbonyl (C=O) groups is 1. The van der Waals surface area contributed by atoms with E-state index in [2.05, 4.69) is 6.92 Å². The van der Waals surface area contributed by atoms with Crippen molar-refractivity contribution in [3.05, 3.63) is 11.6 Å². The maximum atomic E-state index is 11.6. The molecule has 0 radical (unpaired) electrons. The Morgan fingerprint density at radius 1 is 1.67 bits per heavy atom. The van der Waals surface area contributed by atoms with Crippen LogP contribution in [0, 0.1) is 5.92 Å². The van der Waals surface area contributed by atoms with Crippen LogP contribution in [0.3, 0.4) is 0 Å². The minimum absolute atomic E-state index is 0.270. The summed E-state index contributed by atoms with van der Waals surface area (Å²) in [6.45, 7) is 2.10. The van der Waals surface area contributed by atoms with Crippen LogP contribution in [0.25, 0.3) is 0 Å². The Kier molecular flexibility index (Phi) is 1.62. The number of hydrogen-bond acceptors (Lipinski definition) is 2. The monoisotopic (exact) mass is 166 g/mol. The minimum Gasteiger partial charge on any atom is -0.366 e.